The van der Waals surface area contributed by atoms with Gasteiger partial charge in [0.2, 0.25) is 0 Å². The smallest absolute Gasteiger partial charge is 0.251 e. The molecule has 0 aliphatic carbocycles. The molecule has 0 amide bonds. The lowest BCUT2D eigenvalue weighted by Crippen LogP contribution is -2.19. The van der Waals surface area contributed by atoms with E-state index in [0.29, 0.717) is 12.1 Å². The highest BCUT2D eigenvalue weighted by Gasteiger charge is 2.18. The Kier molecular flexibility index (Phi) is 4.98. The Morgan fingerprint density at radius 1 is 0.906 bits per heavy atom. The maximum absolute atomic E-state index is 13.5. The largest absolute Gasteiger partial charge is 0.311 e. The van der Waals surface area contributed by atoms with Crippen molar-refractivity contribution >= 4 is 5.71 Å². The monoisotopic (exact) mass is 427 g/mol. The lowest BCUT2D eigenvalue weighted by molar-refractivity contribution is 0.506. The van der Waals surface area contributed by atoms with Crippen molar-refractivity contribution in [3.05, 3.63) is 123 Å². The standard InChI is InChI=1S/C26H19F2N3O/c1-16-10-20(6-8-29-16)26-22-12-18(3-4-21(22)14-30-26)19-7-9-31(25(32)13-19)15-17-2-5-23(27)24(28)11-17/h2-13H,14-15H2,1H3. The minimum absolute atomic E-state index is 0.165. The van der Waals surface area contributed by atoms with Crippen molar-refractivity contribution in [1.29, 1.82) is 0 Å². The fourth-order valence-electron chi connectivity index (χ4n) is 3.96. The van der Waals surface area contributed by atoms with Gasteiger partial charge in [-0.3, -0.25) is 14.8 Å². The van der Waals surface area contributed by atoms with Gasteiger partial charge in [0.05, 0.1) is 18.8 Å². The van der Waals surface area contributed by atoms with Gasteiger partial charge >= 0.3 is 0 Å². The average Bonchev–Trinajstić information content (AvgIpc) is 3.21. The van der Waals surface area contributed by atoms with Gasteiger partial charge in [0.1, 0.15) is 0 Å². The summed E-state index contributed by atoms with van der Waals surface area (Å²) in [7, 11) is 0. The van der Waals surface area contributed by atoms with E-state index in [-0.39, 0.29) is 12.1 Å². The van der Waals surface area contributed by atoms with Crippen LogP contribution < -0.4 is 5.56 Å². The lowest BCUT2D eigenvalue weighted by atomic mass is 9.96. The molecule has 0 radical (unpaired) electrons. The predicted molar refractivity (Wildman–Crippen MR) is 120 cm³/mol. The quantitative estimate of drug-likeness (QED) is 0.465. The molecule has 0 N–H and O–H groups in total. The zero-order chi connectivity index (χ0) is 22.2. The molecular formula is C26H19F2N3O. The van der Waals surface area contributed by atoms with Gasteiger partial charge in [0.25, 0.3) is 5.56 Å². The van der Waals surface area contributed by atoms with Crippen molar-refractivity contribution in [3.63, 3.8) is 0 Å². The lowest BCUT2D eigenvalue weighted by Gasteiger charge is -2.10. The molecule has 1 aliphatic heterocycles. The van der Waals surface area contributed by atoms with Gasteiger partial charge in [-0.1, -0.05) is 18.2 Å². The van der Waals surface area contributed by atoms with Crippen LogP contribution >= 0.6 is 0 Å². The number of fused-ring (bicyclic) bond motifs is 1. The predicted octanol–water partition coefficient (Wildman–Crippen LogP) is 4.90. The zero-order valence-electron chi connectivity index (χ0n) is 17.3. The molecule has 0 bridgehead atoms. The maximum Gasteiger partial charge on any atom is 0.251 e. The van der Waals surface area contributed by atoms with Gasteiger partial charge in [-0.15, -0.1) is 0 Å². The summed E-state index contributed by atoms with van der Waals surface area (Å²) in [4.78, 5) is 21.7. The Morgan fingerprint density at radius 2 is 1.75 bits per heavy atom. The van der Waals surface area contributed by atoms with Gasteiger partial charge in [-0.2, -0.15) is 0 Å². The molecule has 3 heterocycles. The molecule has 4 nitrogen and oxygen atoms in total. The highest BCUT2D eigenvalue weighted by atomic mass is 19.2. The third kappa shape index (κ3) is 3.75. The highest BCUT2D eigenvalue weighted by molar-refractivity contribution is 6.15. The van der Waals surface area contributed by atoms with Crippen LogP contribution in [0.3, 0.4) is 0 Å². The van der Waals surface area contributed by atoms with E-state index < -0.39 is 11.6 Å². The fourth-order valence-corrected chi connectivity index (χ4v) is 3.96. The number of hydrogen-bond acceptors (Lipinski definition) is 3. The van der Waals surface area contributed by atoms with Crippen LogP contribution in [0, 0.1) is 18.6 Å². The van der Waals surface area contributed by atoms with E-state index in [9.17, 15) is 13.6 Å². The number of halogens is 2. The van der Waals surface area contributed by atoms with E-state index in [2.05, 4.69) is 11.1 Å². The number of aliphatic imine (C=N–C) groups is 1. The van der Waals surface area contributed by atoms with Crippen molar-refractivity contribution in [3.8, 4) is 11.1 Å². The van der Waals surface area contributed by atoms with Crippen LogP contribution in [0.2, 0.25) is 0 Å². The fraction of sp³-hybridized carbons (Fsp3) is 0.115. The van der Waals surface area contributed by atoms with Crippen LogP contribution in [0.25, 0.3) is 11.1 Å². The molecular weight excluding hydrogens is 408 g/mol. The summed E-state index contributed by atoms with van der Waals surface area (Å²) >= 11 is 0. The second-order valence-electron chi connectivity index (χ2n) is 7.85. The zero-order valence-corrected chi connectivity index (χ0v) is 17.3. The second kappa shape index (κ2) is 7.96. The van der Waals surface area contributed by atoms with Crippen LogP contribution in [0.15, 0.2) is 82.8 Å². The van der Waals surface area contributed by atoms with Crippen molar-refractivity contribution in [1.82, 2.24) is 9.55 Å². The molecule has 5 rings (SSSR count). The average molecular weight is 427 g/mol. The first-order valence-electron chi connectivity index (χ1n) is 10.2. The minimum atomic E-state index is -0.924. The van der Waals surface area contributed by atoms with Crippen LogP contribution in [-0.4, -0.2) is 15.3 Å². The Bertz CT molecular complexity index is 1440. The summed E-state index contributed by atoms with van der Waals surface area (Å²) in [6, 6.07) is 17.1. The minimum Gasteiger partial charge on any atom is -0.311 e. The van der Waals surface area contributed by atoms with Crippen LogP contribution in [0.1, 0.15) is 27.9 Å². The number of aromatic nitrogens is 2. The van der Waals surface area contributed by atoms with Crippen molar-refractivity contribution in [2.24, 2.45) is 4.99 Å². The van der Waals surface area contributed by atoms with E-state index in [1.807, 2.05) is 37.3 Å². The third-order valence-electron chi connectivity index (χ3n) is 5.61. The van der Waals surface area contributed by atoms with Crippen LogP contribution in [0.5, 0.6) is 0 Å². The second-order valence-corrected chi connectivity index (χ2v) is 7.85. The van der Waals surface area contributed by atoms with E-state index in [4.69, 9.17) is 4.99 Å². The molecule has 158 valence electrons. The maximum atomic E-state index is 13.5. The molecule has 0 saturated heterocycles. The third-order valence-corrected chi connectivity index (χ3v) is 5.61. The normalized spacial score (nSPS) is 12.5. The SMILES string of the molecule is Cc1cc(C2=NCc3ccc(-c4ccn(Cc5ccc(F)c(F)c5)c(=O)c4)cc32)ccn1. The molecule has 32 heavy (non-hydrogen) atoms. The van der Waals surface area contributed by atoms with Crippen molar-refractivity contribution < 1.29 is 8.78 Å². The number of rotatable bonds is 4. The van der Waals surface area contributed by atoms with Gasteiger partial charge < -0.3 is 4.57 Å². The van der Waals surface area contributed by atoms with Crippen molar-refractivity contribution in [2.45, 2.75) is 20.0 Å². The number of hydrogen-bond donors (Lipinski definition) is 0. The van der Waals surface area contributed by atoms with E-state index >= 15 is 0 Å². The summed E-state index contributed by atoms with van der Waals surface area (Å²) in [6.07, 6.45) is 3.45. The molecule has 0 unspecified atom stereocenters. The van der Waals surface area contributed by atoms with E-state index in [1.165, 1.54) is 10.6 Å². The first-order valence-corrected chi connectivity index (χ1v) is 10.2. The Balaban J connectivity index is 1.45. The molecule has 0 spiro atoms. The summed E-state index contributed by atoms with van der Waals surface area (Å²) < 4.78 is 28.1. The molecule has 2 aromatic heterocycles. The molecule has 0 fully saturated rings. The highest BCUT2D eigenvalue weighted by Crippen LogP contribution is 2.28. The molecule has 4 aromatic rings. The first-order chi connectivity index (χ1) is 15.5. The van der Waals surface area contributed by atoms with E-state index in [1.54, 1.807) is 18.5 Å². The summed E-state index contributed by atoms with van der Waals surface area (Å²) in [5.74, 6) is -1.83. The number of pyridine rings is 2. The Labute approximate surface area is 183 Å². The Hall–Kier alpha value is -3.93. The number of nitrogens with zero attached hydrogens (tertiary/aromatic N) is 3. The van der Waals surface area contributed by atoms with Gasteiger partial charge in [-0.25, -0.2) is 8.78 Å². The van der Waals surface area contributed by atoms with Crippen LogP contribution in [0.4, 0.5) is 8.78 Å². The molecule has 2 aromatic carbocycles. The van der Waals surface area contributed by atoms with Gasteiger partial charge in [0.15, 0.2) is 11.6 Å². The number of aryl methyl sites for hydroxylation is 1. The summed E-state index contributed by atoms with van der Waals surface area (Å²) in [6.45, 7) is 2.74. The first kappa shape index (κ1) is 20.0. The molecule has 1 aliphatic rings. The molecule has 0 saturated carbocycles. The van der Waals surface area contributed by atoms with Gasteiger partial charge in [-0.05, 0) is 65.6 Å². The summed E-state index contributed by atoms with van der Waals surface area (Å²) in [5.41, 5.74) is 7.09. The van der Waals surface area contributed by atoms with E-state index in [0.717, 1.165) is 51.4 Å². The topological polar surface area (TPSA) is 47.2 Å². The van der Waals surface area contributed by atoms with Crippen molar-refractivity contribution in [2.75, 3.05) is 0 Å². The number of benzene rings is 2. The summed E-state index contributed by atoms with van der Waals surface area (Å²) in [5, 5.41) is 0. The molecule has 0 atom stereocenters. The van der Waals surface area contributed by atoms with Crippen LogP contribution in [-0.2, 0) is 13.1 Å². The van der Waals surface area contributed by atoms with Gasteiger partial charge in [0, 0.05) is 35.3 Å². The Morgan fingerprint density at radius 3 is 2.53 bits per heavy atom. The molecule has 6 heteroatoms.